The molecule has 0 aliphatic heterocycles. The predicted molar refractivity (Wildman–Crippen MR) is 73.1 cm³/mol. The molecule has 0 spiro atoms. The lowest BCUT2D eigenvalue weighted by molar-refractivity contribution is -0.00291. The van der Waals surface area contributed by atoms with Gasteiger partial charge in [0.1, 0.15) is 0 Å². The van der Waals surface area contributed by atoms with Gasteiger partial charge >= 0.3 is 0 Å². The molecule has 1 amide bonds. The third kappa shape index (κ3) is 2.92. The summed E-state index contributed by atoms with van der Waals surface area (Å²) in [6.07, 6.45) is 0. The van der Waals surface area contributed by atoms with E-state index in [1.54, 1.807) is 39.8 Å². The maximum Gasteiger partial charge on any atom is 0.253 e. The van der Waals surface area contributed by atoms with Crippen molar-refractivity contribution in [1.82, 2.24) is 5.32 Å². The number of carbonyl (C=O) groups is 1. The van der Waals surface area contributed by atoms with E-state index in [0.717, 1.165) is 0 Å². The summed E-state index contributed by atoms with van der Waals surface area (Å²) in [6.45, 7) is 6.77. The molecule has 0 bridgehead atoms. The van der Waals surface area contributed by atoms with Gasteiger partial charge in [-0.15, -0.1) is 0 Å². The van der Waals surface area contributed by atoms with Gasteiger partial charge < -0.3 is 21.9 Å². The van der Waals surface area contributed by atoms with E-state index in [-0.39, 0.29) is 5.91 Å². The van der Waals surface area contributed by atoms with Crippen molar-refractivity contribution in [3.63, 3.8) is 0 Å². The van der Waals surface area contributed by atoms with Crippen LogP contribution in [-0.4, -0.2) is 22.2 Å². The molecule has 1 aromatic carbocycles. The largest absolute Gasteiger partial charge is 0.399 e. The molecule has 18 heavy (non-hydrogen) atoms. The van der Waals surface area contributed by atoms with Gasteiger partial charge in [0.05, 0.1) is 16.7 Å². The zero-order valence-electron chi connectivity index (χ0n) is 11.2. The summed E-state index contributed by atoms with van der Waals surface area (Å²) in [4.78, 5) is 12.1. The normalized spacial score (nSPS) is 12.3. The summed E-state index contributed by atoms with van der Waals surface area (Å²) < 4.78 is 0. The van der Waals surface area contributed by atoms with Crippen molar-refractivity contribution in [3.05, 3.63) is 23.8 Å². The van der Waals surface area contributed by atoms with Crippen LogP contribution in [-0.2, 0) is 0 Å². The van der Waals surface area contributed by atoms with E-state index in [4.69, 9.17) is 11.5 Å². The van der Waals surface area contributed by atoms with Crippen LogP contribution in [0.25, 0.3) is 0 Å². The fraction of sp³-hybridized carbons (Fsp3) is 0.462. The highest BCUT2D eigenvalue weighted by Gasteiger charge is 2.36. The second-order valence-electron chi connectivity index (χ2n) is 5.48. The van der Waals surface area contributed by atoms with Gasteiger partial charge in [-0.1, -0.05) is 0 Å². The summed E-state index contributed by atoms with van der Waals surface area (Å²) >= 11 is 0. The Morgan fingerprint density at radius 3 is 2.22 bits per heavy atom. The zero-order chi connectivity index (χ0) is 14.1. The Labute approximate surface area is 107 Å². The molecule has 0 radical (unpaired) electrons. The molecular formula is C13H21N3O2. The van der Waals surface area contributed by atoms with Crippen molar-refractivity contribution in [2.75, 3.05) is 11.5 Å². The molecule has 100 valence electrons. The monoisotopic (exact) mass is 251 g/mol. The molecule has 0 aliphatic rings. The Morgan fingerprint density at radius 1 is 1.22 bits per heavy atom. The first-order chi connectivity index (χ1) is 8.04. The van der Waals surface area contributed by atoms with Crippen LogP contribution in [0, 0.1) is 0 Å². The van der Waals surface area contributed by atoms with Crippen molar-refractivity contribution in [1.29, 1.82) is 0 Å². The minimum Gasteiger partial charge on any atom is -0.399 e. The number of carbonyl (C=O) groups excluding carboxylic acids is 1. The van der Waals surface area contributed by atoms with Crippen LogP contribution in [0.5, 0.6) is 0 Å². The minimum absolute atomic E-state index is 0.319. The third-order valence-electron chi connectivity index (χ3n) is 3.28. The number of aliphatic hydroxyl groups is 1. The molecule has 0 unspecified atom stereocenters. The van der Waals surface area contributed by atoms with Crippen molar-refractivity contribution in [2.24, 2.45) is 0 Å². The second-order valence-corrected chi connectivity index (χ2v) is 5.48. The van der Waals surface area contributed by atoms with Crippen molar-refractivity contribution < 1.29 is 9.90 Å². The standard InChI is InChI=1S/C13H21N3O2/c1-12(2,13(3,4)18)16-11(17)9-6-5-8(14)7-10(9)15/h5-7,18H,14-15H2,1-4H3,(H,16,17). The van der Waals surface area contributed by atoms with Crippen LogP contribution in [0.15, 0.2) is 18.2 Å². The van der Waals surface area contributed by atoms with Crippen LogP contribution >= 0.6 is 0 Å². The maximum absolute atomic E-state index is 12.1. The molecule has 0 atom stereocenters. The lowest BCUT2D eigenvalue weighted by atomic mass is 9.85. The lowest BCUT2D eigenvalue weighted by Crippen LogP contribution is -2.57. The van der Waals surface area contributed by atoms with Gasteiger partial charge in [0.2, 0.25) is 0 Å². The van der Waals surface area contributed by atoms with Gasteiger partial charge in [0.25, 0.3) is 5.91 Å². The zero-order valence-corrected chi connectivity index (χ0v) is 11.2. The van der Waals surface area contributed by atoms with E-state index in [1.165, 1.54) is 6.07 Å². The first kappa shape index (κ1) is 14.3. The average molecular weight is 251 g/mol. The van der Waals surface area contributed by atoms with Gasteiger partial charge in [-0.05, 0) is 45.9 Å². The van der Waals surface area contributed by atoms with E-state index >= 15 is 0 Å². The second kappa shape index (κ2) is 4.49. The van der Waals surface area contributed by atoms with Gasteiger partial charge in [0.15, 0.2) is 0 Å². The number of benzene rings is 1. The lowest BCUT2D eigenvalue weighted by Gasteiger charge is -2.38. The Kier molecular flexibility index (Phi) is 3.57. The summed E-state index contributed by atoms with van der Waals surface area (Å²) in [5.74, 6) is -0.334. The van der Waals surface area contributed by atoms with Crippen molar-refractivity contribution >= 4 is 17.3 Å². The first-order valence-corrected chi connectivity index (χ1v) is 5.74. The minimum atomic E-state index is -1.05. The molecule has 0 saturated heterocycles. The summed E-state index contributed by atoms with van der Waals surface area (Å²) in [5.41, 5.74) is 10.7. The van der Waals surface area contributed by atoms with E-state index in [2.05, 4.69) is 5.32 Å². The molecule has 6 N–H and O–H groups in total. The van der Waals surface area contributed by atoms with E-state index in [0.29, 0.717) is 16.9 Å². The number of hydrogen-bond acceptors (Lipinski definition) is 4. The van der Waals surface area contributed by atoms with E-state index < -0.39 is 11.1 Å². The molecule has 0 heterocycles. The van der Waals surface area contributed by atoms with Gasteiger partial charge in [-0.3, -0.25) is 4.79 Å². The molecular weight excluding hydrogens is 230 g/mol. The quantitative estimate of drug-likeness (QED) is 0.605. The SMILES string of the molecule is CC(C)(O)C(C)(C)NC(=O)c1ccc(N)cc1N. The molecule has 0 aliphatic carbocycles. The van der Waals surface area contributed by atoms with Crippen LogP contribution in [0.3, 0.4) is 0 Å². The maximum atomic E-state index is 12.1. The number of hydrogen-bond donors (Lipinski definition) is 4. The fourth-order valence-electron chi connectivity index (χ4n) is 1.29. The molecule has 5 heteroatoms. The van der Waals surface area contributed by atoms with Crippen molar-refractivity contribution in [2.45, 2.75) is 38.8 Å². The Balaban J connectivity index is 2.96. The van der Waals surface area contributed by atoms with Crippen LogP contribution in [0.2, 0.25) is 0 Å². The predicted octanol–water partition coefficient (Wildman–Crippen LogP) is 1.13. The Morgan fingerprint density at radius 2 is 1.78 bits per heavy atom. The average Bonchev–Trinajstić information content (AvgIpc) is 2.14. The molecule has 0 saturated carbocycles. The molecule has 5 nitrogen and oxygen atoms in total. The molecule has 1 rings (SSSR count). The molecule has 1 aromatic rings. The topological polar surface area (TPSA) is 101 Å². The number of anilines is 2. The number of nitrogen functional groups attached to an aromatic ring is 2. The number of amides is 1. The van der Waals surface area contributed by atoms with E-state index in [9.17, 15) is 9.90 Å². The highest BCUT2D eigenvalue weighted by atomic mass is 16.3. The number of nitrogens with two attached hydrogens (primary N) is 2. The van der Waals surface area contributed by atoms with Crippen LogP contribution < -0.4 is 16.8 Å². The molecule has 0 aromatic heterocycles. The third-order valence-corrected chi connectivity index (χ3v) is 3.28. The smallest absolute Gasteiger partial charge is 0.253 e. The Hall–Kier alpha value is -1.75. The van der Waals surface area contributed by atoms with Crippen LogP contribution in [0.1, 0.15) is 38.1 Å². The number of nitrogens with one attached hydrogen (secondary N) is 1. The molecule has 0 fully saturated rings. The van der Waals surface area contributed by atoms with Gasteiger partial charge in [-0.25, -0.2) is 0 Å². The van der Waals surface area contributed by atoms with Crippen LogP contribution in [0.4, 0.5) is 11.4 Å². The highest BCUT2D eigenvalue weighted by molar-refractivity contribution is 6.00. The van der Waals surface area contributed by atoms with E-state index in [1.807, 2.05) is 0 Å². The van der Waals surface area contributed by atoms with Gasteiger partial charge in [-0.2, -0.15) is 0 Å². The Bertz CT molecular complexity index is 462. The summed E-state index contributed by atoms with van der Waals surface area (Å²) in [5, 5.41) is 12.8. The first-order valence-electron chi connectivity index (χ1n) is 5.74. The summed E-state index contributed by atoms with van der Waals surface area (Å²) in [6, 6.07) is 4.72. The number of rotatable bonds is 3. The van der Waals surface area contributed by atoms with Gasteiger partial charge in [0, 0.05) is 11.4 Å². The van der Waals surface area contributed by atoms with Crippen molar-refractivity contribution in [3.8, 4) is 0 Å². The fourth-order valence-corrected chi connectivity index (χ4v) is 1.29. The highest BCUT2D eigenvalue weighted by Crippen LogP contribution is 2.22. The summed E-state index contributed by atoms with van der Waals surface area (Å²) in [7, 11) is 0.